The van der Waals surface area contributed by atoms with Crippen LogP contribution in [-0.4, -0.2) is 11.8 Å². The summed E-state index contributed by atoms with van der Waals surface area (Å²) in [5.74, 6) is 0.783. The summed E-state index contributed by atoms with van der Waals surface area (Å²) in [6.07, 6.45) is 3.62. The zero-order valence-electron chi connectivity index (χ0n) is 14.8. The Labute approximate surface area is 135 Å². The normalized spacial score (nSPS) is 14.0. The van der Waals surface area contributed by atoms with Gasteiger partial charge in [0.15, 0.2) is 0 Å². The van der Waals surface area contributed by atoms with Gasteiger partial charge in [0, 0.05) is 11.6 Å². The van der Waals surface area contributed by atoms with Crippen LogP contribution in [0.2, 0.25) is 0 Å². The van der Waals surface area contributed by atoms with Crippen molar-refractivity contribution in [1.29, 1.82) is 0 Å². The number of phenolic OH excluding ortho intramolecular Hbond substituents is 1. The second-order valence-corrected chi connectivity index (χ2v) is 7.12. The fourth-order valence-corrected chi connectivity index (χ4v) is 2.57. The number of hydrogen-bond acceptors (Lipinski definition) is 2. The summed E-state index contributed by atoms with van der Waals surface area (Å²) < 4.78 is 0. The minimum Gasteiger partial charge on any atom is -0.507 e. The average Bonchev–Trinajstić information content (AvgIpc) is 2.42. The molecule has 2 heteroatoms. The van der Waals surface area contributed by atoms with Gasteiger partial charge >= 0.3 is 0 Å². The van der Waals surface area contributed by atoms with Gasteiger partial charge in [0.25, 0.3) is 0 Å². The maximum Gasteiger partial charge on any atom is 0.122 e. The molecule has 1 aromatic carbocycles. The van der Waals surface area contributed by atoms with Crippen LogP contribution in [0.5, 0.6) is 5.75 Å². The molecule has 0 aromatic heterocycles. The summed E-state index contributed by atoms with van der Waals surface area (Å²) in [7, 11) is 0. The van der Waals surface area contributed by atoms with E-state index in [0.29, 0.717) is 5.75 Å². The lowest BCUT2D eigenvalue weighted by molar-refractivity contribution is 0.436. The molecule has 22 heavy (non-hydrogen) atoms. The predicted molar refractivity (Wildman–Crippen MR) is 97.1 cm³/mol. The van der Waals surface area contributed by atoms with Gasteiger partial charge < -0.3 is 5.11 Å². The van der Waals surface area contributed by atoms with E-state index in [0.717, 1.165) is 22.4 Å². The number of allylic oxidation sites excluding steroid dienone is 3. The van der Waals surface area contributed by atoms with Gasteiger partial charge in [0.05, 0.1) is 0 Å². The molecule has 2 nitrogen and oxygen atoms in total. The van der Waals surface area contributed by atoms with E-state index in [1.165, 1.54) is 0 Å². The largest absolute Gasteiger partial charge is 0.507 e. The molecule has 0 heterocycles. The van der Waals surface area contributed by atoms with Crippen LogP contribution < -0.4 is 0 Å². The quantitative estimate of drug-likeness (QED) is 0.550. The van der Waals surface area contributed by atoms with Gasteiger partial charge in [0.2, 0.25) is 0 Å². The third-order valence-electron chi connectivity index (χ3n) is 4.01. The van der Waals surface area contributed by atoms with Crippen molar-refractivity contribution in [2.24, 2.45) is 4.99 Å². The van der Waals surface area contributed by atoms with E-state index in [2.05, 4.69) is 72.0 Å². The molecule has 1 rings (SSSR count). The van der Waals surface area contributed by atoms with Gasteiger partial charge in [-0.15, -0.1) is 0 Å². The molecule has 1 atom stereocenters. The Hall–Kier alpha value is -1.83. The van der Waals surface area contributed by atoms with Gasteiger partial charge in [-0.2, -0.15) is 0 Å². The molecule has 0 saturated heterocycles. The van der Waals surface area contributed by atoms with Crippen LogP contribution in [0.3, 0.4) is 0 Å². The Morgan fingerprint density at radius 2 is 1.82 bits per heavy atom. The molecule has 0 aliphatic carbocycles. The SMILES string of the molecule is C=C/C=C(\N=C)C(C)c1cc(C(C)C)c(O)c(C(C)(C)C)c1. The zero-order valence-corrected chi connectivity index (χ0v) is 14.8. The van der Waals surface area contributed by atoms with Crippen molar-refractivity contribution in [1.82, 2.24) is 0 Å². The van der Waals surface area contributed by atoms with Crippen LogP contribution >= 0.6 is 0 Å². The van der Waals surface area contributed by atoms with Gasteiger partial charge in [0.1, 0.15) is 5.75 Å². The number of rotatable bonds is 5. The highest BCUT2D eigenvalue weighted by atomic mass is 16.3. The number of hydrogen-bond donors (Lipinski definition) is 1. The first kappa shape index (κ1) is 18.2. The molecule has 0 saturated carbocycles. The summed E-state index contributed by atoms with van der Waals surface area (Å²) >= 11 is 0. The zero-order chi connectivity index (χ0) is 17.1. The Bertz CT molecular complexity index is 588. The van der Waals surface area contributed by atoms with Crippen molar-refractivity contribution in [3.63, 3.8) is 0 Å². The van der Waals surface area contributed by atoms with Crippen molar-refractivity contribution in [3.8, 4) is 5.75 Å². The summed E-state index contributed by atoms with van der Waals surface area (Å²) in [6, 6.07) is 4.18. The Kier molecular flexibility index (Phi) is 5.76. The van der Waals surface area contributed by atoms with Crippen LogP contribution in [0.25, 0.3) is 0 Å². The standard InChI is InChI=1S/C20H29NO/c1-9-10-18(21-8)14(4)15-11-16(13(2)3)19(22)17(12-15)20(5,6)7/h9-14,22H,1,8H2,2-7H3/b18-10-. The fourth-order valence-electron chi connectivity index (χ4n) is 2.57. The summed E-state index contributed by atoms with van der Waals surface area (Å²) in [5, 5.41) is 10.6. The van der Waals surface area contributed by atoms with Crippen molar-refractivity contribution in [2.75, 3.05) is 0 Å². The summed E-state index contributed by atoms with van der Waals surface area (Å²) in [4.78, 5) is 4.12. The number of phenols is 1. The Morgan fingerprint density at radius 1 is 1.23 bits per heavy atom. The Morgan fingerprint density at radius 3 is 2.23 bits per heavy atom. The third-order valence-corrected chi connectivity index (χ3v) is 4.01. The predicted octanol–water partition coefficient (Wildman–Crippen LogP) is 5.69. The van der Waals surface area contributed by atoms with E-state index in [1.807, 2.05) is 6.08 Å². The highest BCUT2D eigenvalue weighted by Gasteiger charge is 2.24. The first-order chi connectivity index (χ1) is 10.1. The minimum absolute atomic E-state index is 0.106. The van der Waals surface area contributed by atoms with Crippen molar-refractivity contribution >= 4 is 6.72 Å². The summed E-state index contributed by atoms with van der Waals surface area (Å²) in [5.41, 5.74) is 3.87. The van der Waals surface area contributed by atoms with Crippen LogP contribution in [-0.2, 0) is 5.41 Å². The smallest absolute Gasteiger partial charge is 0.122 e. The highest BCUT2D eigenvalue weighted by molar-refractivity contribution is 5.50. The van der Waals surface area contributed by atoms with Gasteiger partial charge in [-0.3, -0.25) is 4.99 Å². The van der Waals surface area contributed by atoms with Crippen molar-refractivity contribution in [2.45, 2.75) is 58.8 Å². The average molecular weight is 299 g/mol. The lowest BCUT2D eigenvalue weighted by atomic mass is 9.80. The lowest BCUT2D eigenvalue weighted by Crippen LogP contribution is -2.14. The molecule has 0 bridgehead atoms. The van der Waals surface area contributed by atoms with Crippen LogP contribution in [0.4, 0.5) is 0 Å². The molecule has 0 spiro atoms. The first-order valence-corrected chi connectivity index (χ1v) is 7.80. The molecule has 1 unspecified atom stereocenters. The Balaban J connectivity index is 3.56. The van der Waals surface area contributed by atoms with E-state index in [9.17, 15) is 5.11 Å². The number of aliphatic imine (C=N–C) groups is 1. The molecular weight excluding hydrogens is 270 g/mol. The van der Waals surface area contributed by atoms with E-state index in [4.69, 9.17) is 0 Å². The number of benzene rings is 1. The van der Waals surface area contributed by atoms with E-state index >= 15 is 0 Å². The van der Waals surface area contributed by atoms with E-state index < -0.39 is 0 Å². The van der Waals surface area contributed by atoms with Crippen LogP contribution in [0.1, 0.15) is 70.1 Å². The fraction of sp³-hybridized carbons (Fsp3) is 0.450. The van der Waals surface area contributed by atoms with E-state index in [1.54, 1.807) is 6.08 Å². The molecule has 120 valence electrons. The molecule has 0 aliphatic heterocycles. The maximum atomic E-state index is 10.6. The second-order valence-electron chi connectivity index (χ2n) is 7.12. The summed E-state index contributed by atoms with van der Waals surface area (Å²) in [6.45, 7) is 20.1. The van der Waals surface area contributed by atoms with Gasteiger partial charge in [-0.25, -0.2) is 0 Å². The highest BCUT2D eigenvalue weighted by Crippen LogP contribution is 2.40. The van der Waals surface area contributed by atoms with Crippen LogP contribution in [0, 0.1) is 0 Å². The lowest BCUT2D eigenvalue weighted by Gasteiger charge is -2.26. The topological polar surface area (TPSA) is 32.6 Å². The molecule has 1 aromatic rings. The monoisotopic (exact) mass is 299 g/mol. The van der Waals surface area contributed by atoms with Crippen LogP contribution in [0.15, 0.2) is 41.6 Å². The minimum atomic E-state index is -0.118. The third kappa shape index (κ3) is 3.88. The molecule has 0 radical (unpaired) electrons. The molecule has 1 N–H and O–H groups in total. The molecule has 0 amide bonds. The van der Waals surface area contributed by atoms with Crippen molar-refractivity contribution in [3.05, 3.63) is 53.3 Å². The van der Waals surface area contributed by atoms with Gasteiger partial charge in [-0.05, 0) is 40.8 Å². The molecule has 0 fully saturated rings. The van der Waals surface area contributed by atoms with Gasteiger partial charge in [-0.1, -0.05) is 66.3 Å². The molecule has 0 aliphatic rings. The molecular formula is C20H29NO. The first-order valence-electron chi connectivity index (χ1n) is 7.80. The number of aromatic hydroxyl groups is 1. The second kappa shape index (κ2) is 6.95. The van der Waals surface area contributed by atoms with E-state index in [-0.39, 0.29) is 17.3 Å². The number of nitrogens with zero attached hydrogens (tertiary/aromatic N) is 1. The van der Waals surface area contributed by atoms with Crippen molar-refractivity contribution < 1.29 is 5.11 Å². The maximum absolute atomic E-state index is 10.6.